The smallest absolute Gasteiger partial charge is 0.258 e. The molecular formula is C25H26N4O3. The van der Waals surface area contributed by atoms with Gasteiger partial charge in [-0.15, -0.1) is 0 Å². The van der Waals surface area contributed by atoms with E-state index in [1.165, 1.54) is 6.92 Å². The molecule has 3 aromatic rings. The second kappa shape index (κ2) is 10.8. The Morgan fingerprint density at radius 3 is 1.88 bits per heavy atom. The number of nitrogens with one attached hydrogen (secondary N) is 3. The lowest BCUT2D eigenvalue weighted by Gasteiger charge is -2.21. The van der Waals surface area contributed by atoms with Crippen LogP contribution in [0.1, 0.15) is 24.2 Å². The van der Waals surface area contributed by atoms with Crippen LogP contribution in [-0.4, -0.2) is 30.8 Å². The first-order valence-corrected chi connectivity index (χ1v) is 10.3. The van der Waals surface area contributed by atoms with E-state index >= 15 is 0 Å². The van der Waals surface area contributed by atoms with Crippen molar-refractivity contribution in [3.63, 3.8) is 0 Å². The molecule has 7 heteroatoms. The molecule has 0 radical (unpaired) electrons. The number of anilines is 4. The molecule has 7 nitrogen and oxygen atoms in total. The summed E-state index contributed by atoms with van der Waals surface area (Å²) in [6.45, 7) is 4.01. The summed E-state index contributed by atoms with van der Waals surface area (Å²) in [6, 6.07) is 23.5. The molecule has 3 N–H and O–H groups in total. The van der Waals surface area contributed by atoms with Gasteiger partial charge in [0.2, 0.25) is 11.8 Å². The first kappa shape index (κ1) is 22.6. The van der Waals surface area contributed by atoms with Gasteiger partial charge in [-0.2, -0.15) is 0 Å². The zero-order valence-electron chi connectivity index (χ0n) is 18.1. The standard InChI is InChI=1S/C25H26N4O3/c1-3-29(23-7-5-4-6-8-23)25(32)19-9-11-20(12-10-19)26-17-24(31)28-22-15-13-21(14-16-22)27-18(2)30/h4-16,26H,3,17H2,1-2H3,(H,27,30)(H,28,31). The summed E-state index contributed by atoms with van der Waals surface area (Å²) >= 11 is 0. The van der Waals surface area contributed by atoms with E-state index < -0.39 is 0 Å². The van der Waals surface area contributed by atoms with E-state index in [9.17, 15) is 14.4 Å². The van der Waals surface area contributed by atoms with Crippen LogP contribution in [0.3, 0.4) is 0 Å². The summed E-state index contributed by atoms with van der Waals surface area (Å²) in [4.78, 5) is 37.8. The number of rotatable bonds is 8. The molecular weight excluding hydrogens is 404 g/mol. The molecule has 0 unspecified atom stereocenters. The normalized spacial score (nSPS) is 10.2. The van der Waals surface area contributed by atoms with E-state index in [4.69, 9.17) is 0 Å². The SMILES string of the molecule is CCN(C(=O)c1ccc(NCC(=O)Nc2ccc(NC(C)=O)cc2)cc1)c1ccccc1. The predicted octanol–water partition coefficient (Wildman–Crippen LogP) is 4.36. The maximum Gasteiger partial charge on any atom is 0.258 e. The number of nitrogens with zero attached hydrogens (tertiary/aromatic N) is 1. The Labute approximate surface area is 187 Å². The van der Waals surface area contributed by atoms with E-state index in [0.717, 1.165) is 11.4 Å². The highest BCUT2D eigenvalue weighted by Gasteiger charge is 2.15. The van der Waals surface area contributed by atoms with E-state index in [2.05, 4.69) is 16.0 Å². The third kappa shape index (κ3) is 6.18. The summed E-state index contributed by atoms with van der Waals surface area (Å²) in [5, 5.41) is 8.51. The average Bonchev–Trinajstić information content (AvgIpc) is 2.80. The Balaban J connectivity index is 1.53. The number of amides is 3. The van der Waals surface area contributed by atoms with Crippen molar-refractivity contribution < 1.29 is 14.4 Å². The Bertz CT molecular complexity index is 1060. The summed E-state index contributed by atoms with van der Waals surface area (Å²) < 4.78 is 0. The largest absolute Gasteiger partial charge is 0.376 e. The third-order valence-corrected chi connectivity index (χ3v) is 4.70. The van der Waals surface area contributed by atoms with Crippen LogP contribution in [0.25, 0.3) is 0 Å². The maximum absolute atomic E-state index is 12.9. The first-order chi connectivity index (χ1) is 15.5. The van der Waals surface area contributed by atoms with Gasteiger partial charge in [0, 0.05) is 41.8 Å². The first-order valence-electron chi connectivity index (χ1n) is 10.3. The summed E-state index contributed by atoms with van der Waals surface area (Å²) in [5.41, 5.74) is 3.46. The Kier molecular flexibility index (Phi) is 7.59. The van der Waals surface area contributed by atoms with Crippen LogP contribution in [-0.2, 0) is 9.59 Å². The molecule has 0 atom stereocenters. The van der Waals surface area contributed by atoms with Gasteiger partial charge in [-0.05, 0) is 67.6 Å². The molecule has 3 rings (SSSR count). The monoisotopic (exact) mass is 430 g/mol. The van der Waals surface area contributed by atoms with Crippen LogP contribution in [0.5, 0.6) is 0 Å². The molecule has 0 aliphatic heterocycles. The van der Waals surface area contributed by atoms with Gasteiger partial charge >= 0.3 is 0 Å². The highest BCUT2D eigenvalue weighted by molar-refractivity contribution is 6.06. The molecule has 0 saturated carbocycles. The second-order valence-corrected chi connectivity index (χ2v) is 7.12. The quantitative estimate of drug-likeness (QED) is 0.495. The van der Waals surface area contributed by atoms with Crippen molar-refractivity contribution in [2.75, 3.05) is 33.9 Å². The topological polar surface area (TPSA) is 90.5 Å². The fourth-order valence-corrected chi connectivity index (χ4v) is 3.17. The molecule has 0 fully saturated rings. The van der Waals surface area contributed by atoms with Gasteiger partial charge in [0.25, 0.3) is 5.91 Å². The molecule has 0 spiro atoms. The highest BCUT2D eigenvalue weighted by atomic mass is 16.2. The minimum absolute atomic E-state index is 0.0752. The number of para-hydroxylation sites is 1. The van der Waals surface area contributed by atoms with Crippen LogP contribution in [0.2, 0.25) is 0 Å². The van der Waals surface area contributed by atoms with E-state index in [1.54, 1.807) is 53.4 Å². The molecule has 164 valence electrons. The zero-order valence-corrected chi connectivity index (χ0v) is 18.1. The third-order valence-electron chi connectivity index (χ3n) is 4.70. The Morgan fingerprint density at radius 1 is 0.750 bits per heavy atom. The maximum atomic E-state index is 12.9. The number of carbonyl (C=O) groups excluding carboxylic acids is 3. The van der Waals surface area contributed by atoms with Crippen molar-refractivity contribution in [2.24, 2.45) is 0 Å². The second-order valence-electron chi connectivity index (χ2n) is 7.12. The number of hydrogen-bond donors (Lipinski definition) is 3. The summed E-state index contributed by atoms with van der Waals surface area (Å²) in [6.07, 6.45) is 0. The van der Waals surface area contributed by atoms with Crippen LogP contribution in [0.15, 0.2) is 78.9 Å². The van der Waals surface area contributed by atoms with Gasteiger partial charge in [0.1, 0.15) is 0 Å². The molecule has 0 bridgehead atoms. The fourth-order valence-electron chi connectivity index (χ4n) is 3.17. The minimum atomic E-state index is -0.210. The van der Waals surface area contributed by atoms with Crippen molar-refractivity contribution >= 4 is 40.5 Å². The zero-order chi connectivity index (χ0) is 22.9. The average molecular weight is 431 g/mol. The summed E-state index contributed by atoms with van der Waals surface area (Å²) in [7, 11) is 0. The van der Waals surface area contributed by atoms with Crippen molar-refractivity contribution in [3.8, 4) is 0 Å². The summed E-state index contributed by atoms with van der Waals surface area (Å²) in [5.74, 6) is -0.439. The van der Waals surface area contributed by atoms with Gasteiger partial charge in [-0.25, -0.2) is 0 Å². The molecule has 3 amide bonds. The number of hydrogen-bond acceptors (Lipinski definition) is 4. The van der Waals surface area contributed by atoms with E-state index in [1.807, 2.05) is 37.3 Å². The molecule has 0 aliphatic rings. The molecule has 32 heavy (non-hydrogen) atoms. The highest BCUT2D eigenvalue weighted by Crippen LogP contribution is 2.18. The van der Waals surface area contributed by atoms with Crippen LogP contribution in [0, 0.1) is 0 Å². The lowest BCUT2D eigenvalue weighted by molar-refractivity contribution is -0.115. The number of benzene rings is 3. The molecule has 0 heterocycles. The fraction of sp³-hybridized carbons (Fsp3) is 0.160. The van der Waals surface area contributed by atoms with Gasteiger partial charge < -0.3 is 20.9 Å². The van der Waals surface area contributed by atoms with Crippen molar-refractivity contribution in [1.29, 1.82) is 0 Å². The number of carbonyl (C=O) groups is 3. The van der Waals surface area contributed by atoms with Crippen LogP contribution < -0.4 is 20.9 Å². The predicted molar refractivity (Wildman–Crippen MR) is 128 cm³/mol. The Morgan fingerprint density at radius 2 is 1.31 bits per heavy atom. The minimum Gasteiger partial charge on any atom is -0.376 e. The van der Waals surface area contributed by atoms with Gasteiger partial charge in [-0.1, -0.05) is 18.2 Å². The lowest BCUT2D eigenvalue weighted by Crippen LogP contribution is -2.30. The van der Waals surface area contributed by atoms with Crippen LogP contribution >= 0.6 is 0 Å². The Hall–Kier alpha value is -4.13. The van der Waals surface area contributed by atoms with Gasteiger partial charge in [-0.3, -0.25) is 14.4 Å². The van der Waals surface area contributed by atoms with Crippen molar-refractivity contribution in [2.45, 2.75) is 13.8 Å². The van der Waals surface area contributed by atoms with Gasteiger partial charge in [0.15, 0.2) is 0 Å². The van der Waals surface area contributed by atoms with E-state index in [0.29, 0.717) is 23.5 Å². The molecule has 0 aromatic heterocycles. The van der Waals surface area contributed by atoms with E-state index in [-0.39, 0.29) is 24.3 Å². The molecule has 0 saturated heterocycles. The lowest BCUT2D eigenvalue weighted by atomic mass is 10.1. The molecule has 0 aliphatic carbocycles. The molecule has 3 aromatic carbocycles. The van der Waals surface area contributed by atoms with Crippen LogP contribution in [0.4, 0.5) is 22.7 Å². The van der Waals surface area contributed by atoms with Crippen molar-refractivity contribution in [1.82, 2.24) is 0 Å². The van der Waals surface area contributed by atoms with Gasteiger partial charge in [0.05, 0.1) is 6.54 Å². The van der Waals surface area contributed by atoms with Crippen molar-refractivity contribution in [3.05, 3.63) is 84.4 Å².